The summed E-state index contributed by atoms with van der Waals surface area (Å²) in [5, 5.41) is 10.1. The van der Waals surface area contributed by atoms with Crippen LogP contribution in [0.25, 0.3) is 0 Å². The summed E-state index contributed by atoms with van der Waals surface area (Å²) in [6.07, 6.45) is 5.05. The molecule has 0 fully saturated rings. The zero-order valence-corrected chi connectivity index (χ0v) is 5.13. The number of rotatable bonds is 3. The van der Waals surface area contributed by atoms with E-state index in [1.165, 1.54) is 7.05 Å². The van der Waals surface area contributed by atoms with Gasteiger partial charge in [-0.05, 0) is 6.42 Å². The quantitative estimate of drug-likeness (QED) is 0.135. The molecule has 0 aromatic carbocycles. The molecule has 0 unspecified atom stereocenters. The van der Waals surface area contributed by atoms with Crippen LogP contribution in [0.15, 0.2) is 12.7 Å². The van der Waals surface area contributed by atoms with Crippen LogP contribution in [-0.4, -0.2) is 18.0 Å². The Labute approximate surface area is 49.7 Å². The molecular weight excluding hydrogens is 102 g/mol. The van der Waals surface area contributed by atoms with Crippen molar-refractivity contribution in [2.45, 2.75) is 12.8 Å². The highest BCUT2D eigenvalue weighted by molar-refractivity contribution is 5.51. The minimum atomic E-state index is 0.795. The van der Waals surface area contributed by atoms with Crippen molar-refractivity contribution in [2.75, 3.05) is 7.05 Å². The number of hydrogen-bond donors (Lipinski definition) is 0. The van der Waals surface area contributed by atoms with Crippen molar-refractivity contribution < 1.29 is 4.74 Å². The molecule has 0 amide bonds. The minimum absolute atomic E-state index is 0.795. The van der Waals surface area contributed by atoms with Gasteiger partial charge in [0.2, 0.25) is 0 Å². The molecule has 0 aromatic heterocycles. The van der Waals surface area contributed by atoms with E-state index >= 15 is 0 Å². The first-order valence-corrected chi connectivity index (χ1v) is 2.61. The maximum absolute atomic E-state index is 10.1. The van der Waals surface area contributed by atoms with Crippen LogP contribution < -0.4 is 0 Å². The van der Waals surface area contributed by atoms with E-state index in [0.717, 1.165) is 17.6 Å². The fraction of sp³-hybridized carbons (Fsp3) is 0.500. The van der Waals surface area contributed by atoms with Crippen LogP contribution in [0.2, 0.25) is 0 Å². The Kier molecular flexibility index (Phi) is 3.94. The van der Waals surface area contributed by atoms with Crippen LogP contribution in [0.4, 0.5) is 0 Å². The van der Waals surface area contributed by atoms with Gasteiger partial charge in [-0.2, -0.15) is 0 Å². The molecule has 0 atom stereocenters. The molecule has 0 aliphatic heterocycles. The number of allylic oxidation sites excluding steroid dienone is 1. The van der Waals surface area contributed by atoms with E-state index in [0.29, 0.717) is 0 Å². The zero-order valence-electron chi connectivity index (χ0n) is 5.13. The van der Waals surface area contributed by atoms with Crippen LogP contribution in [0, 0.1) is 5.21 Å². The van der Waals surface area contributed by atoms with Gasteiger partial charge in [-0.25, -0.2) is 4.74 Å². The summed E-state index contributed by atoms with van der Waals surface area (Å²) >= 11 is 0. The molecule has 2 heteroatoms. The first-order chi connectivity index (χ1) is 3.77. The Morgan fingerprint density at radius 3 is 2.62 bits per heavy atom. The third-order valence-corrected chi connectivity index (χ3v) is 0.757. The van der Waals surface area contributed by atoms with Gasteiger partial charge in [0.1, 0.15) is 7.05 Å². The Hall–Kier alpha value is -0.790. The summed E-state index contributed by atoms with van der Waals surface area (Å²) in [7, 11) is 1.48. The zero-order chi connectivity index (χ0) is 6.41. The topological polar surface area (TPSA) is 26.1 Å². The molecule has 0 saturated carbocycles. The van der Waals surface area contributed by atoms with Crippen molar-refractivity contribution in [3.05, 3.63) is 17.9 Å². The SMILES string of the molecule is C=CCC/C=[N+](\C)[O-]. The van der Waals surface area contributed by atoms with Gasteiger partial charge in [0.05, 0.1) is 0 Å². The average Bonchev–Trinajstić information content (AvgIpc) is 1.66. The lowest BCUT2D eigenvalue weighted by atomic mass is 10.3. The lowest BCUT2D eigenvalue weighted by Gasteiger charge is -1.91. The molecule has 0 radical (unpaired) electrons. The van der Waals surface area contributed by atoms with Crippen molar-refractivity contribution in [3.63, 3.8) is 0 Å². The maximum Gasteiger partial charge on any atom is 0.150 e. The highest BCUT2D eigenvalue weighted by Crippen LogP contribution is 1.82. The molecule has 0 aliphatic rings. The van der Waals surface area contributed by atoms with Crippen molar-refractivity contribution in [3.8, 4) is 0 Å². The van der Waals surface area contributed by atoms with E-state index in [2.05, 4.69) is 6.58 Å². The van der Waals surface area contributed by atoms with E-state index in [-0.39, 0.29) is 0 Å². The van der Waals surface area contributed by atoms with E-state index in [1.807, 2.05) is 0 Å². The third-order valence-electron chi connectivity index (χ3n) is 0.757. The number of hydrogen-bond acceptors (Lipinski definition) is 1. The first-order valence-electron chi connectivity index (χ1n) is 2.61. The minimum Gasteiger partial charge on any atom is -0.624 e. The molecule has 0 bridgehead atoms. The highest BCUT2D eigenvalue weighted by atomic mass is 16.5. The average molecular weight is 113 g/mol. The molecule has 8 heavy (non-hydrogen) atoms. The van der Waals surface area contributed by atoms with Gasteiger partial charge in [-0.1, -0.05) is 6.08 Å². The molecule has 0 N–H and O–H groups in total. The predicted octanol–water partition coefficient (Wildman–Crippen LogP) is 1.16. The summed E-state index contributed by atoms with van der Waals surface area (Å²) in [5.74, 6) is 0. The van der Waals surface area contributed by atoms with Gasteiger partial charge >= 0.3 is 0 Å². The van der Waals surface area contributed by atoms with Gasteiger partial charge in [-0.15, -0.1) is 6.58 Å². The monoisotopic (exact) mass is 113 g/mol. The number of hydroxylamine groups is 1. The largest absolute Gasteiger partial charge is 0.624 e. The molecular formula is C6H11NO. The number of nitrogens with zero attached hydrogens (tertiary/aromatic N) is 1. The summed E-state index contributed by atoms with van der Waals surface area (Å²) in [5.41, 5.74) is 0. The highest BCUT2D eigenvalue weighted by Gasteiger charge is 1.78. The van der Waals surface area contributed by atoms with Gasteiger partial charge < -0.3 is 5.21 Å². The summed E-state index contributed by atoms with van der Waals surface area (Å²) < 4.78 is 0.809. The predicted molar refractivity (Wildman–Crippen MR) is 35.0 cm³/mol. The molecule has 46 valence electrons. The normalized spacial score (nSPS) is 11.4. The van der Waals surface area contributed by atoms with E-state index in [9.17, 15) is 5.21 Å². The third kappa shape index (κ3) is 5.21. The Bertz CT molecular complexity index is 92.7. The summed E-state index contributed by atoms with van der Waals surface area (Å²) in [6, 6.07) is 0. The summed E-state index contributed by atoms with van der Waals surface area (Å²) in [6.45, 7) is 3.52. The first kappa shape index (κ1) is 7.21. The van der Waals surface area contributed by atoms with Crippen molar-refractivity contribution in [1.29, 1.82) is 0 Å². The van der Waals surface area contributed by atoms with Crippen LogP contribution in [-0.2, 0) is 0 Å². The lowest BCUT2D eigenvalue weighted by Crippen LogP contribution is -1.94. The second kappa shape index (κ2) is 4.37. The fourth-order valence-electron chi connectivity index (χ4n) is 0.374. The molecule has 0 heterocycles. The Morgan fingerprint density at radius 1 is 1.62 bits per heavy atom. The smallest absolute Gasteiger partial charge is 0.150 e. The molecule has 0 spiro atoms. The van der Waals surface area contributed by atoms with E-state index in [1.54, 1.807) is 12.3 Å². The summed E-state index contributed by atoms with van der Waals surface area (Å²) in [4.78, 5) is 0. The molecule has 0 saturated heterocycles. The second-order valence-electron chi connectivity index (χ2n) is 1.59. The Morgan fingerprint density at radius 2 is 2.25 bits per heavy atom. The Balaban J connectivity index is 3.15. The van der Waals surface area contributed by atoms with Crippen LogP contribution >= 0.6 is 0 Å². The van der Waals surface area contributed by atoms with Gasteiger partial charge in [0.15, 0.2) is 6.21 Å². The van der Waals surface area contributed by atoms with Gasteiger partial charge in [-0.3, -0.25) is 0 Å². The molecule has 0 aromatic rings. The van der Waals surface area contributed by atoms with Crippen molar-refractivity contribution in [2.24, 2.45) is 0 Å². The second-order valence-corrected chi connectivity index (χ2v) is 1.59. The van der Waals surface area contributed by atoms with E-state index in [4.69, 9.17) is 0 Å². The molecule has 2 nitrogen and oxygen atoms in total. The van der Waals surface area contributed by atoms with Crippen LogP contribution in [0.3, 0.4) is 0 Å². The maximum atomic E-state index is 10.1. The van der Waals surface area contributed by atoms with Crippen LogP contribution in [0.1, 0.15) is 12.8 Å². The van der Waals surface area contributed by atoms with Gasteiger partial charge in [0, 0.05) is 6.42 Å². The van der Waals surface area contributed by atoms with Crippen molar-refractivity contribution >= 4 is 6.21 Å². The van der Waals surface area contributed by atoms with E-state index < -0.39 is 0 Å². The number of unbranched alkanes of at least 4 members (excludes halogenated alkanes) is 1. The lowest BCUT2D eigenvalue weighted by molar-refractivity contribution is -0.418. The standard InChI is InChI=1S/C6H11NO/c1-3-4-5-6-7(2)8/h3,6H,1,4-5H2,2H3/b7-6+. The molecule has 0 rings (SSSR count). The fourth-order valence-corrected chi connectivity index (χ4v) is 0.374. The molecule has 0 aliphatic carbocycles. The van der Waals surface area contributed by atoms with Crippen LogP contribution in [0.5, 0.6) is 0 Å². The van der Waals surface area contributed by atoms with Crippen molar-refractivity contribution in [1.82, 2.24) is 0 Å². The van der Waals surface area contributed by atoms with Gasteiger partial charge in [0.25, 0.3) is 0 Å².